The first-order valence-corrected chi connectivity index (χ1v) is 7.29. The van der Waals surface area contributed by atoms with E-state index < -0.39 is 5.91 Å². The molecule has 0 fully saturated rings. The molecule has 2 aromatic rings. The molecule has 0 unspecified atom stereocenters. The van der Waals surface area contributed by atoms with Gasteiger partial charge in [0, 0.05) is 5.56 Å². The smallest absolute Gasteiger partial charge is 0.293 e. The summed E-state index contributed by atoms with van der Waals surface area (Å²) in [5.74, 6) is 0.209. The van der Waals surface area contributed by atoms with Crippen molar-refractivity contribution >= 4 is 28.3 Å². The molecule has 0 saturated heterocycles. The van der Waals surface area contributed by atoms with Crippen LogP contribution in [0.15, 0.2) is 46.9 Å². The highest BCUT2D eigenvalue weighted by atomic mass is 79.9. The van der Waals surface area contributed by atoms with Crippen molar-refractivity contribution in [1.29, 1.82) is 0 Å². The number of hydrogen-bond donors (Lipinski definition) is 1. The number of primary amides is 1. The standard InChI is InChI=1S/C16H14BrNO4/c17-14-9-13(5-6-15(14)22-8-7-21-10-19)11-1-3-12(4-2-11)16(18)20/h1-6,9-10H,7-8H2,(H2,18,20). The summed E-state index contributed by atoms with van der Waals surface area (Å²) >= 11 is 3.44. The van der Waals surface area contributed by atoms with Gasteiger partial charge >= 0.3 is 0 Å². The molecule has 0 aliphatic heterocycles. The molecule has 6 heteroatoms. The molecular formula is C16H14BrNO4. The Morgan fingerprint density at radius 2 is 1.77 bits per heavy atom. The maximum Gasteiger partial charge on any atom is 0.293 e. The van der Waals surface area contributed by atoms with Gasteiger partial charge in [-0.05, 0) is 51.3 Å². The summed E-state index contributed by atoms with van der Waals surface area (Å²) in [4.78, 5) is 21.1. The van der Waals surface area contributed by atoms with Crippen molar-refractivity contribution in [3.8, 4) is 16.9 Å². The Bertz CT molecular complexity index is 670. The average molecular weight is 364 g/mol. The maximum atomic E-state index is 11.1. The number of benzene rings is 2. The molecule has 22 heavy (non-hydrogen) atoms. The molecule has 0 saturated carbocycles. The number of halogens is 1. The van der Waals surface area contributed by atoms with Crippen molar-refractivity contribution in [2.75, 3.05) is 13.2 Å². The Hall–Kier alpha value is -2.34. The van der Waals surface area contributed by atoms with Crippen LogP contribution in [0.25, 0.3) is 11.1 Å². The Labute approximate surface area is 136 Å². The van der Waals surface area contributed by atoms with Gasteiger partial charge in [0.1, 0.15) is 19.0 Å². The number of hydrogen-bond acceptors (Lipinski definition) is 4. The molecule has 0 spiro atoms. The molecule has 2 N–H and O–H groups in total. The van der Waals surface area contributed by atoms with Crippen LogP contribution in [0.1, 0.15) is 10.4 Å². The zero-order chi connectivity index (χ0) is 15.9. The number of nitrogens with two attached hydrogens (primary N) is 1. The van der Waals surface area contributed by atoms with Crippen molar-refractivity contribution < 1.29 is 19.1 Å². The Morgan fingerprint density at radius 1 is 1.09 bits per heavy atom. The first-order valence-electron chi connectivity index (χ1n) is 6.49. The van der Waals surface area contributed by atoms with Gasteiger partial charge in [0.25, 0.3) is 6.47 Å². The van der Waals surface area contributed by atoms with Gasteiger partial charge in [-0.25, -0.2) is 0 Å². The van der Waals surface area contributed by atoms with E-state index in [1.807, 2.05) is 30.3 Å². The Morgan fingerprint density at radius 3 is 2.36 bits per heavy atom. The molecular weight excluding hydrogens is 350 g/mol. The van der Waals surface area contributed by atoms with Crippen molar-refractivity contribution in [1.82, 2.24) is 0 Å². The summed E-state index contributed by atoms with van der Waals surface area (Å²) < 4.78 is 10.8. The first-order chi connectivity index (χ1) is 10.6. The molecule has 114 valence electrons. The monoisotopic (exact) mass is 363 g/mol. The van der Waals surface area contributed by atoms with Gasteiger partial charge < -0.3 is 15.2 Å². The summed E-state index contributed by atoms with van der Waals surface area (Å²) in [6, 6.07) is 12.7. The van der Waals surface area contributed by atoms with E-state index in [1.165, 1.54) is 0 Å². The fourth-order valence-corrected chi connectivity index (χ4v) is 2.37. The number of carbonyl (C=O) groups excluding carboxylic acids is 2. The largest absolute Gasteiger partial charge is 0.489 e. The first kappa shape index (κ1) is 16.0. The second-order valence-corrected chi connectivity index (χ2v) is 5.26. The van der Waals surface area contributed by atoms with E-state index in [0.717, 1.165) is 15.6 Å². The molecule has 2 aromatic carbocycles. The molecule has 0 aromatic heterocycles. The van der Waals surface area contributed by atoms with Crippen LogP contribution in [0.3, 0.4) is 0 Å². The van der Waals surface area contributed by atoms with E-state index in [0.29, 0.717) is 17.8 Å². The van der Waals surface area contributed by atoms with Gasteiger partial charge in [0.15, 0.2) is 0 Å². The van der Waals surface area contributed by atoms with Gasteiger partial charge in [0.2, 0.25) is 5.91 Å². The summed E-state index contributed by atoms with van der Waals surface area (Å²) in [7, 11) is 0. The quantitative estimate of drug-likeness (QED) is 0.605. The number of ether oxygens (including phenoxy) is 2. The minimum Gasteiger partial charge on any atom is -0.489 e. The summed E-state index contributed by atoms with van der Waals surface area (Å²) in [6.07, 6.45) is 0. The van der Waals surface area contributed by atoms with Crippen LogP contribution in [-0.4, -0.2) is 25.6 Å². The molecule has 1 amide bonds. The second-order valence-electron chi connectivity index (χ2n) is 4.40. The Balaban J connectivity index is 2.11. The van der Waals surface area contributed by atoms with Gasteiger partial charge in [-0.2, -0.15) is 0 Å². The van der Waals surface area contributed by atoms with Crippen LogP contribution in [0.5, 0.6) is 5.75 Å². The lowest BCUT2D eigenvalue weighted by Gasteiger charge is -2.10. The fraction of sp³-hybridized carbons (Fsp3) is 0.125. The average Bonchev–Trinajstić information content (AvgIpc) is 2.53. The zero-order valence-electron chi connectivity index (χ0n) is 11.6. The van der Waals surface area contributed by atoms with Gasteiger partial charge in [0.05, 0.1) is 4.47 Å². The summed E-state index contributed by atoms with van der Waals surface area (Å²) in [5, 5.41) is 0. The Kier molecular flexibility index (Phi) is 5.55. The molecule has 0 aliphatic carbocycles. The van der Waals surface area contributed by atoms with Crippen LogP contribution in [0, 0.1) is 0 Å². The van der Waals surface area contributed by atoms with E-state index in [-0.39, 0.29) is 13.2 Å². The highest BCUT2D eigenvalue weighted by molar-refractivity contribution is 9.10. The minimum absolute atomic E-state index is 0.201. The molecule has 5 nitrogen and oxygen atoms in total. The van der Waals surface area contributed by atoms with Crippen LogP contribution in [0.4, 0.5) is 0 Å². The van der Waals surface area contributed by atoms with Crippen LogP contribution < -0.4 is 10.5 Å². The minimum atomic E-state index is -0.450. The highest BCUT2D eigenvalue weighted by Crippen LogP contribution is 2.30. The van der Waals surface area contributed by atoms with Crippen molar-refractivity contribution in [3.63, 3.8) is 0 Å². The van der Waals surface area contributed by atoms with Crippen LogP contribution >= 0.6 is 15.9 Å². The lowest BCUT2D eigenvalue weighted by molar-refractivity contribution is -0.129. The van der Waals surface area contributed by atoms with Crippen LogP contribution in [-0.2, 0) is 9.53 Å². The van der Waals surface area contributed by atoms with E-state index in [2.05, 4.69) is 20.7 Å². The van der Waals surface area contributed by atoms with E-state index in [1.54, 1.807) is 12.1 Å². The topological polar surface area (TPSA) is 78.6 Å². The molecule has 0 bridgehead atoms. The number of amides is 1. The molecule has 0 aliphatic rings. The van der Waals surface area contributed by atoms with E-state index in [9.17, 15) is 9.59 Å². The highest BCUT2D eigenvalue weighted by Gasteiger charge is 2.06. The molecule has 0 heterocycles. The third-order valence-electron chi connectivity index (χ3n) is 2.96. The normalized spacial score (nSPS) is 10.0. The number of rotatable bonds is 7. The predicted molar refractivity (Wildman–Crippen MR) is 85.6 cm³/mol. The van der Waals surface area contributed by atoms with Gasteiger partial charge in [-0.3, -0.25) is 9.59 Å². The van der Waals surface area contributed by atoms with Gasteiger partial charge in [-0.1, -0.05) is 18.2 Å². The zero-order valence-corrected chi connectivity index (χ0v) is 13.2. The third kappa shape index (κ3) is 4.08. The number of carbonyl (C=O) groups is 2. The molecule has 0 radical (unpaired) electrons. The van der Waals surface area contributed by atoms with Crippen LogP contribution in [0.2, 0.25) is 0 Å². The second kappa shape index (κ2) is 7.61. The molecule has 0 atom stereocenters. The third-order valence-corrected chi connectivity index (χ3v) is 3.58. The fourth-order valence-electron chi connectivity index (χ4n) is 1.87. The van der Waals surface area contributed by atoms with E-state index >= 15 is 0 Å². The van der Waals surface area contributed by atoms with Crippen molar-refractivity contribution in [2.45, 2.75) is 0 Å². The maximum absolute atomic E-state index is 11.1. The van der Waals surface area contributed by atoms with Crippen molar-refractivity contribution in [2.24, 2.45) is 5.73 Å². The summed E-state index contributed by atoms with van der Waals surface area (Å²) in [5.41, 5.74) is 7.62. The summed E-state index contributed by atoms with van der Waals surface area (Å²) in [6.45, 7) is 0.869. The van der Waals surface area contributed by atoms with Crippen molar-refractivity contribution in [3.05, 3.63) is 52.5 Å². The van der Waals surface area contributed by atoms with E-state index in [4.69, 9.17) is 10.5 Å². The predicted octanol–water partition coefficient (Wildman–Crippen LogP) is 2.77. The lowest BCUT2D eigenvalue weighted by Crippen LogP contribution is -2.10. The van der Waals surface area contributed by atoms with Gasteiger partial charge in [-0.15, -0.1) is 0 Å². The SMILES string of the molecule is NC(=O)c1ccc(-c2ccc(OCCOC=O)c(Br)c2)cc1. The lowest BCUT2D eigenvalue weighted by atomic mass is 10.0. The molecule has 2 rings (SSSR count).